The predicted octanol–water partition coefficient (Wildman–Crippen LogP) is 5.07. The van der Waals surface area contributed by atoms with E-state index in [-0.39, 0.29) is 24.7 Å². The fraction of sp³-hybridized carbons (Fsp3) is 0.158. The van der Waals surface area contributed by atoms with Crippen LogP contribution < -0.4 is 10.9 Å². The third-order valence-corrected chi connectivity index (χ3v) is 4.64. The number of nitrogens with zero attached hydrogens (tertiary/aromatic N) is 2. The van der Waals surface area contributed by atoms with Crippen molar-refractivity contribution in [2.24, 2.45) is 10.2 Å². The molecule has 152 valence electrons. The van der Waals surface area contributed by atoms with Crippen molar-refractivity contribution in [2.45, 2.75) is 19.3 Å². The molecule has 2 amide bonds. The summed E-state index contributed by atoms with van der Waals surface area (Å²) in [4.78, 5) is 23.5. The second-order valence-corrected chi connectivity index (χ2v) is 7.46. The number of amides is 2. The molecule has 2 aromatic carbocycles. The molecule has 0 unspecified atom stereocenters. The summed E-state index contributed by atoms with van der Waals surface area (Å²) in [5, 5.41) is 9.52. The quantitative estimate of drug-likeness (QED) is 0.414. The molecule has 2 aromatic rings. The molecule has 10 heteroatoms. The van der Waals surface area contributed by atoms with Gasteiger partial charge in [-0.2, -0.15) is 10.2 Å². The maximum atomic E-state index is 11.8. The van der Waals surface area contributed by atoms with Crippen molar-refractivity contribution in [2.75, 3.05) is 0 Å². The number of hydrogen-bond acceptors (Lipinski definition) is 4. The summed E-state index contributed by atoms with van der Waals surface area (Å²) in [6, 6.07) is 9.85. The first-order valence-corrected chi connectivity index (χ1v) is 9.90. The molecule has 0 heterocycles. The van der Waals surface area contributed by atoms with E-state index in [9.17, 15) is 9.59 Å². The molecule has 0 aliphatic carbocycles. The number of rotatable bonds is 8. The molecule has 0 aliphatic heterocycles. The Balaban J connectivity index is 1.68. The first-order valence-electron chi connectivity index (χ1n) is 8.39. The van der Waals surface area contributed by atoms with E-state index in [0.717, 1.165) is 0 Å². The highest BCUT2D eigenvalue weighted by Gasteiger charge is 2.05. The summed E-state index contributed by atoms with van der Waals surface area (Å²) in [6.45, 7) is 0. The van der Waals surface area contributed by atoms with Gasteiger partial charge < -0.3 is 0 Å². The van der Waals surface area contributed by atoms with Gasteiger partial charge in [0.2, 0.25) is 11.8 Å². The molecular formula is C19H16Cl4N4O2. The van der Waals surface area contributed by atoms with Crippen molar-refractivity contribution in [3.63, 3.8) is 0 Å². The Kier molecular flexibility index (Phi) is 9.41. The van der Waals surface area contributed by atoms with Crippen LogP contribution in [-0.2, 0) is 9.59 Å². The Morgan fingerprint density at radius 1 is 0.759 bits per heavy atom. The minimum atomic E-state index is -0.324. The minimum Gasteiger partial charge on any atom is -0.273 e. The van der Waals surface area contributed by atoms with Gasteiger partial charge in [0, 0.05) is 34.0 Å². The fourth-order valence-electron chi connectivity index (χ4n) is 2.08. The van der Waals surface area contributed by atoms with Crippen molar-refractivity contribution in [3.8, 4) is 0 Å². The van der Waals surface area contributed by atoms with E-state index in [1.54, 1.807) is 36.4 Å². The van der Waals surface area contributed by atoms with Crippen molar-refractivity contribution >= 4 is 70.6 Å². The van der Waals surface area contributed by atoms with Gasteiger partial charge in [-0.3, -0.25) is 9.59 Å². The van der Waals surface area contributed by atoms with Crippen molar-refractivity contribution < 1.29 is 9.59 Å². The van der Waals surface area contributed by atoms with Crippen LogP contribution in [0.25, 0.3) is 0 Å². The molecule has 0 atom stereocenters. The number of hydrazone groups is 2. The molecule has 0 spiro atoms. The largest absolute Gasteiger partial charge is 0.273 e. The lowest BCUT2D eigenvalue weighted by atomic mass is 10.2. The fourth-order valence-corrected chi connectivity index (χ4v) is 3.00. The van der Waals surface area contributed by atoms with Crippen LogP contribution in [0.2, 0.25) is 20.1 Å². The molecule has 29 heavy (non-hydrogen) atoms. The third kappa shape index (κ3) is 8.41. The van der Waals surface area contributed by atoms with Crippen LogP contribution in [0.3, 0.4) is 0 Å². The molecule has 0 saturated carbocycles. The average molecular weight is 474 g/mol. The first-order chi connectivity index (χ1) is 13.8. The van der Waals surface area contributed by atoms with Crippen molar-refractivity contribution in [1.29, 1.82) is 0 Å². The van der Waals surface area contributed by atoms with E-state index in [0.29, 0.717) is 37.6 Å². The van der Waals surface area contributed by atoms with Crippen molar-refractivity contribution in [1.82, 2.24) is 10.9 Å². The number of hydrogen-bond donors (Lipinski definition) is 2. The van der Waals surface area contributed by atoms with Crippen LogP contribution in [-0.4, -0.2) is 24.2 Å². The zero-order valence-corrected chi connectivity index (χ0v) is 18.0. The zero-order valence-electron chi connectivity index (χ0n) is 15.0. The summed E-state index contributed by atoms with van der Waals surface area (Å²) >= 11 is 23.6. The Morgan fingerprint density at radius 3 is 1.55 bits per heavy atom. The Labute approximate surface area is 187 Å². The lowest BCUT2D eigenvalue weighted by Crippen LogP contribution is -2.20. The molecule has 0 radical (unpaired) electrons. The maximum Gasteiger partial charge on any atom is 0.240 e. The van der Waals surface area contributed by atoms with E-state index >= 15 is 0 Å². The van der Waals surface area contributed by atoms with Crippen LogP contribution >= 0.6 is 46.4 Å². The third-order valence-electron chi connectivity index (χ3n) is 3.52. The van der Waals surface area contributed by atoms with E-state index in [4.69, 9.17) is 46.4 Å². The second kappa shape index (κ2) is 11.8. The van der Waals surface area contributed by atoms with Crippen LogP contribution in [0.5, 0.6) is 0 Å². The smallest absolute Gasteiger partial charge is 0.240 e. The predicted molar refractivity (Wildman–Crippen MR) is 118 cm³/mol. The van der Waals surface area contributed by atoms with Crippen LogP contribution in [0, 0.1) is 0 Å². The minimum absolute atomic E-state index is 0.131. The highest BCUT2D eigenvalue weighted by Crippen LogP contribution is 2.20. The number of halogens is 4. The van der Waals surface area contributed by atoms with E-state index in [1.807, 2.05) is 0 Å². The molecule has 0 fully saturated rings. The van der Waals surface area contributed by atoms with E-state index < -0.39 is 0 Å². The molecule has 0 aromatic heterocycles. The molecule has 0 saturated heterocycles. The summed E-state index contributed by atoms with van der Waals surface area (Å²) in [6.07, 6.45) is 3.43. The normalized spacial score (nSPS) is 11.2. The van der Waals surface area contributed by atoms with Gasteiger partial charge in [-0.05, 0) is 30.7 Å². The average Bonchev–Trinajstić information content (AvgIpc) is 2.65. The maximum absolute atomic E-state index is 11.8. The number of nitrogens with one attached hydrogen (secondary N) is 2. The molecule has 2 N–H and O–H groups in total. The summed E-state index contributed by atoms with van der Waals surface area (Å²) < 4.78 is 0. The van der Waals surface area contributed by atoms with Crippen LogP contribution in [0.1, 0.15) is 30.4 Å². The molecule has 0 bridgehead atoms. The van der Waals surface area contributed by atoms with Gasteiger partial charge in [-0.15, -0.1) is 0 Å². The Bertz CT molecular complexity index is 872. The standard InChI is InChI=1S/C19H16Cl4N4O2/c20-14-6-4-12(16(22)8-14)10-24-26-18(28)2-1-3-19(29)27-25-11-13-5-7-15(21)9-17(13)23/h4-11H,1-3H2,(H,26,28)(H,27,29)/b24-10-,25-11?. The van der Waals surface area contributed by atoms with Gasteiger partial charge in [-0.25, -0.2) is 10.9 Å². The zero-order chi connectivity index (χ0) is 21.2. The van der Waals surface area contributed by atoms with Gasteiger partial charge in [0.15, 0.2) is 0 Å². The number of benzene rings is 2. The molecule has 2 rings (SSSR count). The highest BCUT2D eigenvalue weighted by atomic mass is 35.5. The summed E-state index contributed by atoms with van der Waals surface area (Å²) in [5.41, 5.74) is 5.99. The van der Waals surface area contributed by atoms with Gasteiger partial charge in [-0.1, -0.05) is 58.5 Å². The summed E-state index contributed by atoms with van der Waals surface area (Å²) in [5.74, 6) is -0.647. The highest BCUT2D eigenvalue weighted by molar-refractivity contribution is 6.36. The molecule has 0 aliphatic rings. The number of carbonyl (C=O) groups is 2. The molecule has 6 nitrogen and oxygen atoms in total. The first kappa shape index (κ1) is 23.2. The Morgan fingerprint density at radius 2 is 1.17 bits per heavy atom. The monoisotopic (exact) mass is 472 g/mol. The Hall–Kier alpha value is -2.12. The van der Waals surface area contributed by atoms with E-state index in [1.165, 1.54) is 12.4 Å². The second-order valence-electron chi connectivity index (χ2n) is 5.77. The van der Waals surface area contributed by atoms with Crippen LogP contribution in [0.15, 0.2) is 46.6 Å². The van der Waals surface area contributed by atoms with Gasteiger partial charge in [0.25, 0.3) is 0 Å². The lowest BCUT2D eigenvalue weighted by molar-refractivity contribution is -0.122. The lowest BCUT2D eigenvalue weighted by Gasteiger charge is -2.02. The SMILES string of the molecule is O=C(CCCC(=O)N/N=C\c1ccc(Cl)cc1Cl)NN=Cc1ccc(Cl)cc1Cl. The topological polar surface area (TPSA) is 82.9 Å². The van der Waals surface area contributed by atoms with E-state index in [2.05, 4.69) is 21.1 Å². The van der Waals surface area contributed by atoms with Gasteiger partial charge in [0.1, 0.15) is 0 Å². The van der Waals surface area contributed by atoms with Gasteiger partial charge >= 0.3 is 0 Å². The van der Waals surface area contributed by atoms with Crippen molar-refractivity contribution in [3.05, 3.63) is 67.6 Å². The van der Waals surface area contributed by atoms with Crippen LogP contribution in [0.4, 0.5) is 0 Å². The number of carbonyl (C=O) groups excluding carboxylic acids is 2. The molecular weight excluding hydrogens is 458 g/mol. The summed E-state index contributed by atoms with van der Waals surface area (Å²) in [7, 11) is 0. The van der Waals surface area contributed by atoms with Gasteiger partial charge in [0.05, 0.1) is 22.5 Å².